The Morgan fingerprint density at radius 3 is 2.23 bits per heavy atom. The van der Waals surface area contributed by atoms with Gasteiger partial charge < -0.3 is 31.1 Å². The molecule has 0 bridgehead atoms. The van der Waals surface area contributed by atoms with Gasteiger partial charge in [0, 0.05) is 31.3 Å². The molecule has 6 N–H and O–H groups in total. The molecule has 26 heavy (non-hydrogen) atoms. The monoisotopic (exact) mass is 366 g/mol. The van der Waals surface area contributed by atoms with E-state index >= 15 is 0 Å². The summed E-state index contributed by atoms with van der Waals surface area (Å²) in [5, 5.41) is 42.2. The van der Waals surface area contributed by atoms with Crippen LogP contribution in [0.5, 0.6) is 5.75 Å². The third-order valence-electron chi connectivity index (χ3n) is 3.90. The number of aromatic hydroxyl groups is 1. The lowest BCUT2D eigenvalue weighted by atomic mass is 9.84. The van der Waals surface area contributed by atoms with Crippen LogP contribution in [0.15, 0.2) is 24.3 Å². The van der Waals surface area contributed by atoms with E-state index in [1.807, 2.05) is 6.07 Å². The lowest BCUT2D eigenvalue weighted by molar-refractivity contribution is -0.134. The summed E-state index contributed by atoms with van der Waals surface area (Å²) in [5.74, 6) is -2.27. The maximum absolute atomic E-state index is 10.4. The summed E-state index contributed by atoms with van der Waals surface area (Å²) < 4.78 is 0. The van der Waals surface area contributed by atoms with Gasteiger partial charge in [-0.05, 0) is 30.0 Å². The Kier molecular flexibility index (Phi) is 8.08. The van der Waals surface area contributed by atoms with Crippen LogP contribution in [-0.4, -0.2) is 51.5 Å². The average molecular weight is 366 g/mol. The van der Waals surface area contributed by atoms with Crippen molar-refractivity contribution in [2.24, 2.45) is 0 Å². The number of phenolic OH excluding ortho intramolecular Hbond substituents is 1. The van der Waals surface area contributed by atoms with Crippen LogP contribution in [0, 0.1) is 0 Å². The zero-order chi connectivity index (χ0) is 19.9. The molecule has 1 aromatic rings. The first kappa shape index (κ1) is 21.5. The van der Waals surface area contributed by atoms with Gasteiger partial charge in [-0.2, -0.15) is 0 Å². The quantitative estimate of drug-likeness (QED) is 0.340. The molecule has 0 amide bonds. The molecule has 144 valence electrons. The van der Waals surface area contributed by atoms with E-state index in [1.165, 1.54) is 0 Å². The van der Waals surface area contributed by atoms with Crippen LogP contribution in [0.2, 0.25) is 0 Å². The first-order valence-electron chi connectivity index (χ1n) is 8.27. The van der Waals surface area contributed by atoms with Crippen molar-refractivity contribution < 1.29 is 30.0 Å². The molecule has 0 aromatic heterocycles. The van der Waals surface area contributed by atoms with Crippen molar-refractivity contribution in [2.75, 3.05) is 12.4 Å². The van der Waals surface area contributed by atoms with Gasteiger partial charge in [0.1, 0.15) is 5.75 Å². The number of aliphatic hydroxyl groups is 1. The number of fused-ring (bicyclic) bond motifs is 1. The minimum Gasteiger partial charge on any atom is -0.506 e. The third kappa shape index (κ3) is 6.05. The molecule has 0 fully saturated rings. The van der Waals surface area contributed by atoms with Crippen molar-refractivity contribution in [3.05, 3.63) is 35.4 Å². The molecule has 0 unspecified atom stereocenters. The Morgan fingerprint density at radius 1 is 1.19 bits per heavy atom. The van der Waals surface area contributed by atoms with Crippen molar-refractivity contribution in [3.8, 4) is 5.75 Å². The van der Waals surface area contributed by atoms with Gasteiger partial charge in [0.2, 0.25) is 0 Å². The summed E-state index contributed by atoms with van der Waals surface area (Å²) in [6.07, 6.45) is 2.35. The number of nitrogens with one attached hydrogen (secondary N) is 2. The number of phenols is 1. The highest BCUT2D eigenvalue weighted by molar-refractivity contribution is 5.89. The molecule has 0 heterocycles. The predicted octanol–water partition coefficient (Wildman–Crippen LogP) is 1.49. The summed E-state index contributed by atoms with van der Waals surface area (Å²) in [6, 6.07) is 3.91. The fraction of sp³-hybridized carbons (Fsp3) is 0.444. The highest BCUT2D eigenvalue weighted by Crippen LogP contribution is 2.38. The maximum atomic E-state index is 10.4. The van der Waals surface area contributed by atoms with Crippen molar-refractivity contribution in [2.45, 2.75) is 44.9 Å². The van der Waals surface area contributed by atoms with Gasteiger partial charge in [-0.15, -0.1) is 0 Å². The molecule has 1 aromatic carbocycles. The molecule has 0 aliphatic heterocycles. The van der Waals surface area contributed by atoms with Gasteiger partial charge in [0.05, 0.1) is 11.8 Å². The molecule has 2 rings (SSSR count). The second kappa shape index (κ2) is 9.79. The average Bonchev–Trinajstić information content (AvgIpc) is 2.55. The summed E-state index contributed by atoms with van der Waals surface area (Å²) in [4.78, 5) is 19.1. The van der Waals surface area contributed by atoms with Crippen molar-refractivity contribution >= 4 is 17.6 Å². The molecule has 0 saturated heterocycles. The highest BCUT2D eigenvalue weighted by Gasteiger charge is 2.30. The standard InChI is InChI=1S/C14H22N2O2.C4H4O4/c1-8(2)16-11-6-4-9-10(14(11)18)5-7-12(17)13(9)15-3;5-3(6)1-2-4(7)8/h5,7-8,11,14-18H,4,6H2,1-3H3;1-2H,(H,5,6)(H,7,8)/b;2-1+/t11-,14-;/m1./s1. The van der Waals surface area contributed by atoms with Crippen LogP contribution in [0.1, 0.15) is 37.5 Å². The number of hydrogen-bond acceptors (Lipinski definition) is 6. The number of aliphatic carboxylic acids is 2. The number of hydrogen-bond donors (Lipinski definition) is 6. The highest BCUT2D eigenvalue weighted by atomic mass is 16.4. The van der Waals surface area contributed by atoms with Crippen molar-refractivity contribution in [1.29, 1.82) is 0 Å². The van der Waals surface area contributed by atoms with Gasteiger partial charge in [-0.25, -0.2) is 9.59 Å². The fourth-order valence-corrected chi connectivity index (χ4v) is 2.90. The molecule has 1 aliphatic carbocycles. The molecular weight excluding hydrogens is 340 g/mol. The van der Waals surface area contributed by atoms with Crippen LogP contribution >= 0.6 is 0 Å². The Balaban J connectivity index is 0.000000359. The largest absolute Gasteiger partial charge is 0.506 e. The van der Waals surface area contributed by atoms with E-state index in [1.54, 1.807) is 13.1 Å². The Morgan fingerprint density at radius 2 is 1.77 bits per heavy atom. The van der Waals surface area contributed by atoms with E-state index in [0.717, 1.165) is 29.7 Å². The van der Waals surface area contributed by atoms with E-state index in [9.17, 15) is 19.8 Å². The minimum atomic E-state index is -1.26. The first-order chi connectivity index (χ1) is 12.2. The van der Waals surface area contributed by atoms with Gasteiger partial charge >= 0.3 is 11.9 Å². The van der Waals surface area contributed by atoms with Crippen molar-refractivity contribution in [1.82, 2.24) is 5.32 Å². The zero-order valence-electron chi connectivity index (χ0n) is 15.1. The van der Waals surface area contributed by atoms with Gasteiger partial charge in [0.15, 0.2) is 0 Å². The second-order valence-electron chi connectivity index (χ2n) is 6.20. The number of aliphatic hydroxyl groups excluding tert-OH is 1. The van der Waals surface area contributed by atoms with E-state index in [-0.39, 0.29) is 11.8 Å². The summed E-state index contributed by atoms with van der Waals surface area (Å²) in [5.41, 5.74) is 2.70. The fourth-order valence-electron chi connectivity index (χ4n) is 2.90. The molecule has 0 radical (unpaired) electrons. The van der Waals surface area contributed by atoms with E-state index < -0.39 is 18.0 Å². The van der Waals surface area contributed by atoms with Gasteiger partial charge in [0.25, 0.3) is 0 Å². The summed E-state index contributed by atoms with van der Waals surface area (Å²) in [6.45, 7) is 4.16. The second-order valence-corrected chi connectivity index (χ2v) is 6.20. The van der Waals surface area contributed by atoms with E-state index in [0.29, 0.717) is 18.2 Å². The SMILES string of the molecule is CNc1c(O)ccc2c1CC[C@@H](NC(C)C)[C@@H]2O.O=C(O)/C=C/C(=O)O. The number of anilines is 1. The molecule has 0 saturated carbocycles. The molecule has 0 spiro atoms. The van der Waals surface area contributed by atoms with Gasteiger partial charge in [-0.3, -0.25) is 0 Å². The number of rotatable bonds is 5. The Labute approximate surface area is 152 Å². The zero-order valence-corrected chi connectivity index (χ0v) is 15.1. The third-order valence-corrected chi connectivity index (χ3v) is 3.90. The normalized spacial score (nSPS) is 18.8. The van der Waals surface area contributed by atoms with Crippen molar-refractivity contribution in [3.63, 3.8) is 0 Å². The molecular formula is C18H26N2O6. The minimum absolute atomic E-state index is 0.0896. The first-order valence-corrected chi connectivity index (χ1v) is 8.27. The summed E-state index contributed by atoms with van der Waals surface area (Å²) >= 11 is 0. The molecule has 2 atom stereocenters. The molecule has 1 aliphatic rings. The van der Waals surface area contributed by atoms with Gasteiger partial charge in [-0.1, -0.05) is 19.9 Å². The Hall–Kier alpha value is -2.58. The van der Waals surface area contributed by atoms with Crippen LogP contribution < -0.4 is 10.6 Å². The Bertz CT molecular complexity index is 656. The van der Waals surface area contributed by atoms with Crippen LogP contribution in [0.3, 0.4) is 0 Å². The smallest absolute Gasteiger partial charge is 0.328 e. The maximum Gasteiger partial charge on any atom is 0.328 e. The lowest BCUT2D eigenvalue weighted by Crippen LogP contribution is -2.42. The van der Waals surface area contributed by atoms with Crippen LogP contribution in [-0.2, 0) is 16.0 Å². The number of carbonyl (C=O) groups is 2. The van der Waals surface area contributed by atoms with Crippen LogP contribution in [0.4, 0.5) is 5.69 Å². The number of carboxylic acids is 2. The predicted molar refractivity (Wildman–Crippen MR) is 97.4 cm³/mol. The molecule has 8 nitrogen and oxygen atoms in total. The van der Waals surface area contributed by atoms with E-state index in [2.05, 4.69) is 24.5 Å². The number of benzene rings is 1. The summed E-state index contributed by atoms with van der Waals surface area (Å²) in [7, 11) is 1.79. The topological polar surface area (TPSA) is 139 Å². The molecule has 8 heteroatoms. The van der Waals surface area contributed by atoms with Crippen LogP contribution in [0.25, 0.3) is 0 Å². The lowest BCUT2D eigenvalue weighted by Gasteiger charge is -2.33. The number of carboxylic acid groups (broad SMARTS) is 2. The van der Waals surface area contributed by atoms with E-state index in [4.69, 9.17) is 10.2 Å².